The predicted molar refractivity (Wildman–Crippen MR) is 77.0 cm³/mol. The molecule has 2 N–H and O–H groups in total. The maximum atomic E-state index is 11.1. The summed E-state index contributed by atoms with van der Waals surface area (Å²) < 4.78 is 2.05. The SMILES string of the molecule is Cc1nn(C)c(Nc2ccc(Br)c(C(=O)O)c2)c1C#N. The summed E-state index contributed by atoms with van der Waals surface area (Å²) in [5.74, 6) is -0.495. The smallest absolute Gasteiger partial charge is 0.336 e. The highest BCUT2D eigenvalue weighted by Gasteiger charge is 2.14. The molecule has 1 heterocycles. The minimum Gasteiger partial charge on any atom is -0.478 e. The van der Waals surface area contributed by atoms with E-state index in [1.807, 2.05) is 0 Å². The van der Waals surface area contributed by atoms with Crippen molar-refractivity contribution in [2.24, 2.45) is 7.05 Å². The van der Waals surface area contributed by atoms with Crippen LogP contribution in [0.2, 0.25) is 0 Å². The second-order valence-electron chi connectivity index (χ2n) is 4.17. The van der Waals surface area contributed by atoms with Crippen LogP contribution >= 0.6 is 15.9 Å². The van der Waals surface area contributed by atoms with Crippen LogP contribution in [0.5, 0.6) is 0 Å². The van der Waals surface area contributed by atoms with Crippen molar-refractivity contribution in [1.29, 1.82) is 5.26 Å². The Bertz CT molecular complexity index is 731. The first-order chi connectivity index (χ1) is 9.43. The van der Waals surface area contributed by atoms with Gasteiger partial charge in [0.05, 0.1) is 11.3 Å². The Morgan fingerprint density at radius 3 is 2.85 bits per heavy atom. The molecule has 0 unspecified atom stereocenters. The van der Waals surface area contributed by atoms with E-state index in [1.165, 1.54) is 6.07 Å². The van der Waals surface area contributed by atoms with Crippen LogP contribution < -0.4 is 5.32 Å². The summed E-state index contributed by atoms with van der Waals surface area (Å²) in [7, 11) is 1.72. The fourth-order valence-electron chi connectivity index (χ4n) is 1.84. The number of nitrogens with one attached hydrogen (secondary N) is 1. The van der Waals surface area contributed by atoms with Crippen molar-refractivity contribution in [2.45, 2.75) is 6.92 Å². The van der Waals surface area contributed by atoms with Crippen molar-refractivity contribution in [3.8, 4) is 6.07 Å². The molecule has 0 fully saturated rings. The lowest BCUT2D eigenvalue weighted by atomic mass is 10.2. The van der Waals surface area contributed by atoms with Gasteiger partial charge in [-0.3, -0.25) is 4.68 Å². The molecular weight excluding hydrogens is 324 g/mol. The van der Waals surface area contributed by atoms with Gasteiger partial charge in [0, 0.05) is 17.2 Å². The molecule has 0 radical (unpaired) electrons. The molecule has 0 atom stereocenters. The molecule has 0 amide bonds. The number of hydrogen-bond acceptors (Lipinski definition) is 4. The zero-order valence-electron chi connectivity index (χ0n) is 10.8. The molecule has 1 aromatic heterocycles. The number of benzene rings is 1. The number of hydrogen-bond donors (Lipinski definition) is 2. The third-order valence-corrected chi connectivity index (χ3v) is 3.49. The lowest BCUT2D eigenvalue weighted by Gasteiger charge is -2.09. The van der Waals surface area contributed by atoms with Crippen molar-refractivity contribution in [1.82, 2.24) is 9.78 Å². The van der Waals surface area contributed by atoms with Gasteiger partial charge in [0.2, 0.25) is 0 Å². The molecule has 0 aliphatic carbocycles. The summed E-state index contributed by atoms with van der Waals surface area (Å²) >= 11 is 3.18. The normalized spacial score (nSPS) is 10.1. The van der Waals surface area contributed by atoms with E-state index in [-0.39, 0.29) is 5.56 Å². The summed E-state index contributed by atoms with van der Waals surface area (Å²) in [4.78, 5) is 11.1. The Hall–Kier alpha value is -2.33. The quantitative estimate of drug-likeness (QED) is 0.900. The summed E-state index contributed by atoms with van der Waals surface area (Å²) in [5, 5.41) is 25.4. The number of nitriles is 1. The minimum atomic E-state index is -1.03. The van der Waals surface area contributed by atoms with E-state index in [0.29, 0.717) is 27.2 Å². The standard InChI is InChI=1S/C13H11BrN4O2/c1-7-10(6-15)12(18(2)17-7)16-8-3-4-11(14)9(5-8)13(19)20/h3-5,16H,1-2H3,(H,19,20). The van der Waals surface area contributed by atoms with Crippen LogP contribution in [0.4, 0.5) is 11.5 Å². The number of rotatable bonds is 3. The van der Waals surface area contributed by atoms with Gasteiger partial charge in [-0.25, -0.2) is 4.79 Å². The maximum Gasteiger partial charge on any atom is 0.336 e. The summed E-state index contributed by atoms with van der Waals surface area (Å²) in [6.07, 6.45) is 0. The molecule has 0 bridgehead atoms. The maximum absolute atomic E-state index is 11.1. The third-order valence-electron chi connectivity index (χ3n) is 2.79. The largest absolute Gasteiger partial charge is 0.478 e. The van der Waals surface area contributed by atoms with Gasteiger partial charge >= 0.3 is 5.97 Å². The minimum absolute atomic E-state index is 0.146. The molecule has 2 aromatic rings. The second-order valence-corrected chi connectivity index (χ2v) is 5.02. The monoisotopic (exact) mass is 334 g/mol. The van der Waals surface area contributed by atoms with Crippen molar-refractivity contribution in [3.63, 3.8) is 0 Å². The van der Waals surface area contributed by atoms with Gasteiger partial charge in [0.1, 0.15) is 17.5 Å². The molecule has 1 aromatic carbocycles. The topological polar surface area (TPSA) is 90.9 Å². The summed E-state index contributed by atoms with van der Waals surface area (Å²) in [6.45, 7) is 1.74. The van der Waals surface area contributed by atoms with Crippen molar-refractivity contribution in [3.05, 3.63) is 39.5 Å². The Kier molecular flexibility index (Phi) is 3.77. The molecule has 0 saturated carbocycles. The first-order valence-electron chi connectivity index (χ1n) is 5.67. The number of nitrogens with zero attached hydrogens (tertiary/aromatic N) is 3. The average molecular weight is 335 g/mol. The Morgan fingerprint density at radius 2 is 2.25 bits per heavy atom. The first kappa shape index (κ1) is 14.1. The van der Waals surface area contributed by atoms with E-state index in [9.17, 15) is 4.79 Å². The number of carboxylic acid groups (broad SMARTS) is 1. The zero-order chi connectivity index (χ0) is 14.9. The zero-order valence-corrected chi connectivity index (χ0v) is 12.4. The van der Waals surface area contributed by atoms with Crippen LogP contribution in [0.25, 0.3) is 0 Å². The predicted octanol–water partition coefficient (Wildman–Crippen LogP) is 2.80. The molecule has 6 nitrogen and oxygen atoms in total. The van der Waals surface area contributed by atoms with Crippen LogP contribution in [0.3, 0.4) is 0 Å². The van der Waals surface area contributed by atoms with Crippen LogP contribution in [-0.4, -0.2) is 20.9 Å². The van der Waals surface area contributed by atoms with Crippen LogP contribution in [0.1, 0.15) is 21.6 Å². The molecule has 0 aliphatic heterocycles. The van der Waals surface area contributed by atoms with E-state index >= 15 is 0 Å². The van der Waals surface area contributed by atoms with Gasteiger partial charge in [-0.1, -0.05) is 0 Å². The number of aromatic carboxylic acids is 1. The fraction of sp³-hybridized carbons (Fsp3) is 0.154. The van der Waals surface area contributed by atoms with Crippen molar-refractivity contribution < 1.29 is 9.90 Å². The molecular formula is C13H11BrN4O2. The number of aromatic nitrogens is 2. The van der Waals surface area contributed by atoms with Crippen LogP contribution in [-0.2, 0) is 7.05 Å². The molecule has 7 heteroatoms. The highest BCUT2D eigenvalue weighted by molar-refractivity contribution is 9.10. The first-order valence-corrected chi connectivity index (χ1v) is 6.47. The molecule has 0 saturated heterocycles. The number of anilines is 2. The van der Waals surface area contributed by atoms with Gasteiger partial charge in [0.15, 0.2) is 0 Å². The van der Waals surface area contributed by atoms with Crippen LogP contribution in [0, 0.1) is 18.3 Å². The molecule has 2 rings (SSSR count). The summed E-state index contributed by atoms with van der Waals surface area (Å²) in [5.41, 5.74) is 1.78. The Morgan fingerprint density at radius 1 is 1.55 bits per heavy atom. The van der Waals surface area contributed by atoms with Gasteiger partial charge < -0.3 is 10.4 Å². The Balaban J connectivity index is 2.44. The fourth-order valence-corrected chi connectivity index (χ4v) is 2.26. The lowest BCUT2D eigenvalue weighted by molar-refractivity contribution is 0.0696. The van der Waals surface area contributed by atoms with E-state index in [4.69, 9.17) is 10.4 Å². The average Bonchev–Trinajstić information content (AvgIpc) is 2.65. The number of carboxylic acids is 1. The van der Waals surface area contributed by atoms with E-state index in [1.54, 1.807) is 30.8 Å². The number of carbonyl (C=O) groups is 1. The van der Waals surface area contributed by atoms with E-state index in [0.717, 1.165) is 0 Å². The third kappa shape index (κ3) is 2.51. The second kappa shape index (κ2) is 5.35. The number of aryl methyl sites for hydroxylation is 2. The van der Waals surface area contributed by atoms with Gasteiger partial charge in [-0.05, 0) is 41.1 Å². The molecule has 20 heavy (non-hydrogen) atoms. The van der Waals surface area contributed by atoms with Crippen molar-refractivity contribution >= 4 is 33.4 Å². The van der Waals surface area contributed by atoms with Gasteiger partial charge in [-0.15, -0.1) is 0 Å². The van der Waals surface area contributed by atoms with E-state index in [2.05, 4.69) is 32.4 Å². The molecule has 102 valence electrons. The molecule has 0 aliphatic rings. The lowest BCUT2D eigenvalue weighted by Crippen LogP contribution is -2.03. The number of halogens is 1. The van der Waals surface area contributed by atoms with Crippen LogP contribution in [0.15, 0.2) is 22.7 Å². The van der Waals surface area contributed by atoms with Gasteiger partial charge in [-0.2, -0.15) is 10.4 Å². The Labute approximate surface area is 123 Å². The summed E-state index contributed by atoms with van der Waals surface area (Å²) in [6, 6.07) is 6.94. The molecule has 0 spiro atoms. The highest BCUT2D eigenvalue weighted by Crippen LogP contribution is 2.26. The van der Waals surface area contributed by atoms with E-state index < -0.39 is 5.97 Å². The van der Waals surface area contributed by atoms with Gasteiger partial charge in [0.25, 0.3) is 0 Å². The van der Waals surface area contributed by atoms with Crippen molar-refractivity contribution in [2.75, 3.05) is 5.32 Å². The highest BCUT2D eigenvalue weighted by atomic mass is 79.9.